The van der Waals surface area contributed by atoms with E-state index < -0.39 is 0 Å². The summed E-state index contributed by atoms with van der Waals surface area (Å²) in [6.07, 6.45) is 3.93. The second-order valence-electron chi connectivity index (χ2n) is 4.92. The van der Waals surface area contributed by atoms with E-state index in [4.69, 9.17) is 4.74 Å². The van der Waals surface area contributed by atoms with Crippen molar-refractivity contribution in [3.63, 3.8) is 0 Å². The molecule has 2 unspecified atom stereocenters. The van der Waals surface area contributed by atoms with Crippen LogP contribution in [0.4, 0.5) is 0 Å². The molecule has 0 aliphatic carbocycles. The predicted molar refractivity (Wildman–Crippen MR) is 69.6 cm³/mol. The first kappa shape index (κ1) is 12.3. The summed E-state index contributed by atoms with van der Waals surface area (Å²) in [4.78, 5) is 10.9. The fourth-order valence-corrected chi connectivity index (χ4v) is 2.81. The van der Waals surface area contributed by atoms with Crippen molar-refractivity contribution in [1.82, 2.24) is 10.2 Å². The summed E-state index contributed by atoms with van der Waals surface area (Å²) in [6.45, 7) is 0.613. The molecule has 0 radical (unpaired) electrons. The minimum Gasteiger partial charge on any atom is -0.392 e. The molecule has 1 saturated heterocycles. The number of carbonyl (C=O) groups is 1. The van der Waals surface area contributed by atoms with Crippen LogP contribution < -0.4 is 0 Å². The Morgan fingerprint density at radius 1 is 1.53 bits per heavy atom. The SMILES string of the molecule is O=CC1OCCC1Cc1ccc2[nH]ncc2c1CO. The van der Waals surface area contributed by atoms with Gasteiger partial charge in [-0.1, -0.05) is 6.07 Å². The first-order valence-corrected chi connectivity index (χ1v) is 6.45. The Labute approximate surface area is 110 Å². The topological polar surface area (TPSA) is 75.2 Å². The van der Waals surface area contributed by atoms with Gasteiger partial charge in [-0.25, -0.2) is 0 Å². The lowest BCUT2D eigenvalue weighted by Gasteiger charge is -2.15. The van der Waals surface area contributed by atoms with E-state index in [0.29, 0.717) is 6.61 Å². The van der Waals surface area contributed by atoms with Crippen LogP contribution in [0.25, 0.3) is 10.9 Å². The van der Waals surface area contributed by atoms with E-state index in [0.717, 1.165) is 41.2 Å². The molecule has 0 bridgehead atoms. The maximum Gasteiger partial charge on any atom is 0.149 e. The molecule has 1 aromatic heterocycles. The van der Waals surface area contributed by atoms with E-state index >= 15 is 0 Å². The Morgan fingerprint density at radius 2 is 2.42 bits per heavy atom. The monoisotopic (exact) mass is 260 g/mol. The van der Waals surface area contributed by atoms with Gasteiger partial charge in [-0.3, -0.25) is 5.10 Å². The Morgan fingerprint density at radius 3 is 3.21 bits per heavy atom. The van der Waals surface area contributed by atoms with Gasteiger partial charge in [-0.15, -0.1) is 0 Å². The molecule has 2 N–H and O–H groups in total. The Bertz CT molecular complexity index is 593. The Kier molecular flexibility index (Phi) is 3.31. The molecule has 1 fully saturated rings. The molecule has 5 nitrogen and oxygen atoms in total. The predicted octanol–water partition coefficient (Wildman–Crippen LogP) is 1.20. The number of hydrogen-bond acceptors (Lipinski definition) is 4. The number of nitrogens with one attached hydrogen (secondary N) is 1. The van der Waals surface area contributed by atoms with Gasteiger partial charge in [0.2, 0.25) is 0 Å². The number of carbonyl (C=O) groups excluding carboxylic acids is 1. The van der Waals surface area contributed by atoms with Crippen molar-refractivity contribution in [1.29, 1.82) is 0 Å². The van der Waals surface area contributed by atoms with Crippen molar-refractivity contribution < 1.29 is 14.6 Å². The van der Waals surface area contributed by atoms with E-state index in [1.54, 1.807) is 6.20 Å². The van der Waals surface area contributed by atoms with Gasteiger partial charge in [0, 0.05) is 12.0 Å². The van der Waals surface area contributed by atoms with Crippen molar-refractivity contribution >= 4 is 17.2 Å². The van der Waals surface area contributed by atoms with Gasteiger partial charge >= 0.3 is 0 Å². The molecule has 100 valence electrons. The number of aromatic nitrogens is 2. The van der Waals surface area contributed by atoms with Crippen LogP contribution >= 0.6 is 0 Å². The minimum atomic E-state index is -0.313. The van der Waals surface area contributed by atoms with E-state index in [2.05, 4.69) is 10.2 Å². The Balaban J connectivity index is 1.93. The molecule has 1 aromatic carbocycles. The van der Waals surface area contributed by atoms with Gasteiger partial charge < -0.3 is 14.6 Å². The Hall–Kier alpha value is -1.72. The van der Waals surface area contributed by atoms with E-state index in [1.165, 1.54) is 0 Å². The maximum atomic E-state index is 10.9. The van der Waals surface area contributed by atoms with Gasteiger partial charge in [0.25, 0.3) is 0 Å². The third kappa shape index (κ3) is 2.15. The van der Waals surface area contributed by atoms with Crippen LogP contribution in [0.15, 0.2) is 18.3 Å². The fourth-order valence-electron chi connectivity index (χ4n) is 2.81. The summed E-state index contributed by atoms with van der Waals surface area (Å²) in [5, 5.41) is 17.4. The molecule has 0 amide bonds. The first-order valence-electron chi connectivity index (χ1n) is 6.45. The molecule has 2 aromatic rings. The smallest absolute Gasteiger partial charge is 0.149 e. The zero-order valence-electron chi connectivity index (χ0n) is 10.5. The number of aromatic amines is 1. The normalized spacial score (nSPS) is 23.0. The number of aliphatic hydroxyl groups excluding tert-OH is 1. The van der Waals surface area contributed by atoms with Crippen molar-refractivity contribution in [2.24, 2.45) is 5.92 Å². The molecule has 19 heavy (non-hydrogen) atoms. The minimum absolute atomic E-state index is 0.0223. The molecule has 0 saturated carbocycles. The van der Waals surface area contributed by atoms with Crippen LogP contribution in [0.1, 0.15) is 17.5 Å². The first-order chi connectivity index (χ1) is 9.33. The fraction of sp³-hybridized carbons (Fsp3) is 0.429. The van der Waals surface area contributed by atoms with Gasteiger partial charge in [-0.2, -0.15) is 5.10 Å². The number of aldehydes is 1. The highest BCUT2D eigenvalue weighted by atomic mass is 16.5. The van der Waals surface area contributed by atoms with Gasteiger partial charge in [0.15, 0.2) is 0 Å². The van der Waals surface area contributed by atoms with Crippen LogP contribution in [0.5, 0.6) is 0 Å². The molecular weight excluding hydrogens is 244 g/mol. The highest BCUT2D eigenvalue weighted by Crippen LogP contribution is 2.28. The third-order valence-corrected chi connectivity index (χ3v) is 3.87. The quantitative estimate of drug-likeness (QED) is 0.810. The molecular formula is C14H16N2O3. The number of H-pyrrole nitrogens is 1. The number of ether oxygens (including phenoxy) is 1. The number of rotatable bonds is 4. The van der Waals surface area contributed by atoms with Crippen molar-refractivity contribution in [2.45, 2.75) is 25.6 Å². The standard InChI is InChI=1S/C14H16N2O3/c17-7-12-9(1-2-13-11(12)6-15-16-13)5-10-3-4-19-14(10)8-18/h1-2,6,8,10,14,17H,3-5,7H2,(H,15,16). The van der Waals surface area contributed by atoms with Crippen LogP contribution in [0, 0.1) is 5.92 Å². The summed E-state index contributed by atoms with van der Waals surface area (Å²) in [5.41, 5.74) is 2.88. The van der Waals surface area contributed by atoms with Crippen LogP contribution in [0.3, 0.4) is 0 Å². The molecule has 3 rings (SSSR count). The highest BCUT2D eigenvalue weighted by molar-refractivity contribution is 5.82. The van der Waals surface area contributed by atoms with Crippen molar-refractivity contribution in [2.75, 3.05) is 6.61 Å². The average Bonchev–Trinajstić information content (AvgIpc) is 3.06. The number of hydrogen-bond donors (Lipinski definition) is 2. The zero-order valence-corrected chi connectivity index (χ0v) is 10.5. The second kappa shape index (κ2) is 5.11. The number of aliphatic hydroxyl groups is 1. The van der Waals surface area contributed by atoms with Gasteiger partial charge in [-0.05, 0) is 36.0 Å². The van der Waals surface area contributed by atoms with E-state index in [-0.39, 0.29) is 18.6 Å². The van der Waals surface area contributed by atoms with Crippen molar-refractivity contribution in [3.05, 3.63) is 29.5 Å². The average molecular weight is 260 g/mol. The van der Waals surface area contributed by atoms with Crippen LogP contribution in [0.2, 0.25) is 0 Å². The van der Waals surface area contributed by atoms with Crippen molar-refractivity contribution in [3.8, 4) is 0 Å². The molecule has 1 aliphatic rings. The lowest BCUT2D eigenvalue weighted by Crippen LogP contribution is -2.20. The number of benzene rings is 1. The molecule has 1 aliphatic heterocycles. The van der Waals surface area contributed by atoms with Crippen LogP contribution in [-0.4, -0.2) is 34.3 Å². The highest BCUT2D eigenvalue weighted by Gasteiger charge is 2.28. The second-order valence-corrected chi connectivity index (χ2v) is 4.92. The number of fused-ring (bicyclic) bond motifs is 1. The summed E-state index contributed by atoms with van der Waals surface area (Å²) in [6, 6.07) is 3.95. The third-order valence-electron chi connectivity index (χ3n) is 3.87. The summed E-state index contributed by atoms with van der Waals surface area (Å²) < 4.78 is 5.38. The molecule has 2 atom stereocenters. The summed E-state index contributed by atoms with van der Waals surface area (Å²) in [7, 11) is 0. The molecule has 2 heterocycles. The van der Waals surface area contributed by atoms with Gasteiger partial charge in [0.1, 0.15) is 12.4 Å². The zero-order chi connectivity index (χ0) is 13.2. The van der Waals surface area contributed by atoms with Crippen LogP contribution in [-0.2, 0) is 22.6 Å². The molecule has 0 spiro atoms. The lowest BCUT2D eigenvalue weighted by atomic mass is 9.90. The van der Waals surface area contributed by atoms with Gasteiger partial charge in [0.05, 0.1) is 18.3 Å². The number of nitrogens with zero attached hydrogens (tertiary/aromatic N) is 1. The summed E-state index contributed by atoms with van der Waals surface area (Å²) >= 11 is 0. The summed E-state index contributed by atoms with van der Waals surface area (Å²) in [5.74, 6) is 0.201. The largest absolute Gasteiger partial charge is 0.392 e. The molecule has 5 heteroatoms. The lowest BCUT2D eigenvalue weighted by molar-refractivity contribution is -0.116. The maximum absolute atomic E-state index is 10.9. The van der Waals surface area contributed by atoms with E-state index in [1.807, 2.05) is 12.1 Å². The van der Waals surface area contributed by atoms with E-state index in [9.17, 15) is 9.90 Å².